The van der Waals surface area contributed by atoms with E-state index in [1.54, 1.807) is 0 Å². The summed E-state index contributed by atoms with van der Waals surface area (Å²) in [4.78, 5) is 38.0. The predicted molar refractivity (Wildman–Crippen MR) is 93.5 cm³/mol. The number of benzene rings is 1. The van der Waals surface area contributed by atoms with Crippen LogP contribution in [0.3, 0.4) is 0 Å². The van der Waals surface area contributed by atoms with Crippen molar-refractivity contribution in [1.29, 1.82) is 0 Å². The van der Waals surface area contributed by atoms with E-state index in [2.05, 4.69) is 10.3 Å². The van der Waals surface area contributed by atoms with Crippen molar-refractivity contribution in [2.24, 2.45) is 0 Å². The SMILES string of the molecule is CC(=O)c1c[nH]c(C(=O)O[C@H](C)C(=O)NC[C@H](C)c2ccccc2)c1. The molecule has 1 amide bonds. The number of esters is 1. The van der Waals surface area contributed by atoms with Gasteiger partial charge in [0.25, 0.3) is 5.91 Å². The van der Waals surface area contributed by atoms with Crippen molar-refractivity contribution in [1.82, 2.24) is 10.3 Å². The fraction of sp³-hybridized carbons (Fsp3) is 0.316. The molecule has 2 N–H and O–H groups in total. The number of ether oxygens (including phenoxy) is 1. The Balaban J connectivity index is 1.85. The number of nitrogens with one attached hydrogen (secondary N) is 2. The van der Waals surface area contributed by atoms with Crippen molar-refractivity contribution in [2.75, 3.05) is 6.54 Å². The summed E-state index contributed by atoms with van der Waals surface area (Å²) in [5.41, 5.74) is 1.65. The number of hydrogen-bond acceptors (Lipinski definition) is 4. The molecule has 6 nitrogen and oxygen atoms in total. The number of H-pyrrole nitrogens is 1. The number of hydrogen-bond donors (Lipinski definition) is 2. The normalized spacial score (nSPS) is 12.9. The van der Waals surface area contributed by atoms with E-state index in [1.165, 1.54) is 26.1 Å². The van der Waals surface area contributed by atoms with E-state index in [0.29, 0.717) is 12.1 Å². The van der Waals surface area contributed by atoms with Crippen LogP contribution in [0.1, 0.15) is 53.1 Å². The lowest BCUT2D eigenvalue weighted by molar-refractivity contribution is -0.129. The Hall–Kier alpha value is -2.89. The Kier molecular flexibility index (Phi) is 6.11. The summed E-state index contributed by atoms with van der Waals surface area (Å²) >= 11 is 0. The number of aromatic nitrogens is 1. The van der Waals surface area contributed by atoms with Crippen LogP contribution < -0.4 is 5.32 Å². The molecular weight excluding hydrogens is 320 g/mol. The largest absolute Gasteiger partial charge is 0.448 e. The summed E-state index contributed by atoms with van der Waals surface area (Å²) in [5, 5.41) is 2.78. The minimum Gasteiger partial charge on any atom is -0.448 e. The van der Waals surface area contributed by atoms with Crippen LogP contribution in [0.4, 0.5) is 0 Å². The van der Waals surface area contributed by atoms with E-state index in [-0.39, 0.29) is 23.3 Å². The van der Waals surface area contributed by atoms with Crippen LogP contribution in [0, 0.1) is 0 Å². The summed E-state index contributed by atoms with van der Waals surface area (Å²) in [5.74, 6) is -1.05. The maximum absolute atomic E-state index is 12.1. The average Bonchev–Trinajstić information content (AvgIpc) is 3.10. The Bertz CT molecular complexity index is 752. The molecule has 1 aromatic heterocycles. The highest BCUT2D eigenvalue weighted by molar-refractivity contribution is 5.98. The summed E-state index contributed by atoms with van der Waals surface area (Å²) < 4.78 is 5.14. The average molecular weight is 342 g/mol. The zero-order valence-electron chi connectivity index (χ0n) is 14.5. The van der Waals surface area contributed by atoms with Gasteiger partial charge in [-0.2, -0.15) is 0 Å². The summed E-state index contributed by atoms with van der Waals surface area (Å²) in [6.45, 7) is 5.37. The molecule has 0 radical (unpaired) electrons. The fourth-order valence-corrected chi connectivity index (χ4v) is 2.29. The van der Waals surface area contributed by atoms with Crippen molar-refractivity contribution in [3.05, 3.63) is 59.4 Å². The Morgan fingerprint density at radius 1 is 1.16 bits per heavy atom. The molecule has 0 aliphatic rings. The van der Waals surface area contributed by atoms with Gasteiger partial charge >= 0.3 is 5.97 Å². The molecule has 6 heteroatoms. The first kappa shape index (κ1) is 18.4. The molecule has 2 rings (SSSR count). The van der Waals surface area contributed by atoms with Crippen LogP contribution >= 0.6 is 0 Å². The maximum atomic E-state index is 12.1. The maximum Gasteiger partial charge on any atom is 0.355 e. The number of carbonyl (C=O) groups excluding carboxylic acids is 3. The van der Waals surface area contributed by atoms with Gasteiger partial charge in [0, 0.05) is 18.3 Å². The number of Topliss-reactive ketones (excluding diaryl/α,β-unsaturated/α-hetero) is 1. The third-order valence-electron chi connectivity index (χ3n) is 3.91. The van der Waals surface area contributed by atoms with E-state index in [1.807, 2.05) is 37.3 Å². The molecule has 2 aromatic rings. The van der Waals surface area contributed by atoms with E-state index in [4.69, 9.17) is 4.74 Å². The molecule has 0 saturated carbocycles. The predicted octanol–water partition coefficient (Wildman–Crippen LogP) is 2.68. The van der Waals surface area contributed by atoms with Gasteiger partial charge in [-0.3, -0.25) is 9.59 Å². The molecule has 25 heavy (non-hydrogen) atoms. The quantitative estimate of drug-likeness (QED) is 0.598. The highest BCUT2D eigenvalue weighted by Crippen LogP contribution is 2.13. The number of rotatable bonds is 7. The molecule has 0 aliphatic carbocycles. The first-order chi connectivity index (χ1) is 11.9. The lowest BCUT2D eigenvalue weighted by Gasteiger charge is -2.16. The first-order valence-corrected chi connectivity index (χ1v) is 8.11. The highest BCUT2D eigenvalue weighted by Gasteiger charge is 2.20. The second kappa shape index (κ2) is 8.28. The Labute approximate surface area is 146 Å². The minimum atomic E-state index is -0.931. The van der Waals surface area contributed by atoms with Crippen molar-refractivity contribution in [2.45, 2.75) is 32.8 Å². The van der Waals surface area contributed by atoms with Crippen LogP contribution in [0.5, 0.6) is 0 Å². The van der Waals surface area contributed by atoms with Gasteiger partial charge in [-0.05, 0) is 31.4 Å². The minimum absolute atomic E-state index is 0.141. The van der Waals surface area contributed by atoms with E-state index in [0.717, 1.165) is 5.56 Å². The number of carbonyl (C=O) groups is 3. The molecule has 2 atom stereocenters. The van der Waals surface area contributed by atoms with Crippen LogP contribution in [-0.4, -0.2) is 35.3 Å². The van der Waals surface area contributed by atoms with Gasteiger partial charge < -0.3 is 15.0 Å². The Morgan fingerprint density at radius 3 is 2.44 bits per heavy atom. The molecular formula is C19H22N2O4. The molecule has 0 spiro atoms. The summed E-state index contributed by atoms with van der Waals surface area (Å²) in [6, 6.07) is 11.2. The van der Waals surface area contributed by atoms with E-state index >= 15 is 0 Å². The van der Waals surface area contributed by atoms with Gasteiger partial charge in [0.15, 0.2) is 11.9 Å². The zero-order valence-corrected chi connectivity index (χ0v) is 14.5. The van der Waals surface area contributed by atoms with Gasteiger partial charge in [-0.15, -0.1) is 0 Å². The van der Waals surface area contributed by atoms with E-state index in [9.17, 15) is 14.4 Å². The molecule has 0 saturated heterocycles. The third kappa shape index (κ3) is 5.04. The van der Waals surface area contributed by atoms with Crippen LogP contribution in [0.25, 0.3) is 0 Å². The second-order valence-electron chi connectivity index (χ2n) is 5.96. The van der Waals surface area contributed by atoms with Crippen LogP contribution in [0.2, 0.25) is 0 Å². The molecule has 1 heterocycles. The number of aromatic amines is 1. The van der Waals surface area contributed by atoms with E-state index < -0.39 is 12.1 Å². The van der Waals surface area contributed by atoms with Crippen LogP contribution in [-0.2, 0) is 9.53 Å². The summed E-state index contributed by atoms with van der Waals surface area (Å²) in [7, 11) is 0. The topological polar surface area (TPSA) is 88.3 Å². The molecule has 0 fully saturated rings. The molecule has 0 aliphatic heterocycles. The molecule has 132 valence electrons. The Morgan fingerprint density at radius 2 is 1.84 bits per heavy atom. The second-order valence-corrected chi connectivity index (χ2v) is 5.96. The smallest absolute Gasteiger partial charge is 0.355 e. The van der Waals surface area contributed by atoms with Crippen molar-refractivity contribution in [3.63, 3.8) is 0 Å². The van der Waals surface area contributed by atoms with Gasteiger partial charge in [-0.25, -0.2) is 4.79 Å². The van der Waals surface area contributed by atoms with Crippen molar-refractivity contribution >= 4 is 17.7 Å². The standard InChI is InChI=1S/C19H22N2O4/c1-12(15-7-5-4-6-8-15)10-21-18(23)14(3)25-19(24)17-9-16(11-20-17)13(2)22/h4-9,11-12,14,20H,10H2,1-3H3,(H,21,23)/t12-,14+/m0/s1. The monoisotopic (exact) mass is 342 g/mol. The number of amides is 1. The van der Waals surface area contributed by atoms with Gasteiger partial charge in [0.1, 0.15) is 5.69 Å². The highest BCUT2D eigenvalue weighted by atomic mass is 16.5. The third-order valence-corrected chi connectivity index (χ3v) is 3.91. The molecule has 0 bridgehead atoms. The number of ketones is 1. The van der Waals surface area contributed by atoms with Gasteiger partial charge in [0.05, 0.1) is 0 Å². The summed E-state index contributed by atoms with van der Waals surface area (Å²) in [6.07, 6.45) is 0.505. The zero-order chi connectivity index (χ0) is 18.4. The van der Waals surface area contributed by atoms with Crippen LogP contribution in [0.15, 0.2) is 42.6 Å². The fourth-order valence-electron chi connectivity index (χ4n) is 2.29. The lowest BCUT2D eigenvalue weighted by Crippen LogP contribution is -2.37. The van der Waals surface area contributed by atoms with Gasteiger partial charge in [0.2, 0.25) is 0 Å². The lowest BCUT2D eigenvalue weighted by atomic mass is 10.0. The van der Waals surface area contributed by atoms with Crippen molar-refractivity contribution in [3.8, 4) is 0 Å². The van der Waals surface area contributed by atoms with Gasteiger partial charge in [-0.1, -0.05) is 37.3 Å². The van der Waals surface area contributed by atoms with Crippen molar-refractivity contribution < 1.29 is 19.1 Å². The molecule has 1 aromatic carbocycles. The first-order valence-electron chi connectivity index (χ1n) is 8.11. The molecule has 0 unspecified atom stereocenters.